The number of alkyl halides is 9. The molecule has 0 radical (unpaired) electrons. The van der Waals surface area contributed by atoms with E-state index >= 15 is 0 Å². The topological polar surface area (TPSA) is 0 Å². The Kier molecular flexibility index (Phi) is 12.2. The molecular formula is C21H39F9. The molecule has 0 saturated heterocycles. The first-order chi connectivity index (χ1) is 12.5. The lowest BCUT2D eigenvalue weighted by molar-refractivity contribution is -0.195. The minimum Gasteiger partial charge on any atom is -0.171 e. The highest BCUT2D eigenvalue weighted by Crippen LogP contribution is 2.40. The Labute approximate surface area is 176 Å². The van der Waals surface area contributed by atoms with Crippen LogP contribution in [-0.2, 0) is 0 Å². The average molecular weight is 463 g/mol. The summed E-state index contributed by atoms with van der Waals surface area (Å²) in [4.78, 5) is 0. The molecule has 0 heterocycles. The molecule has 3 atom stereocenters. The van der Waals surface area contributed by atoms with Crippen molar-refractivity contribution in [2.45, 2.75) is 102 Å². The van der Waals surface area contributed by atoms with E-state index in [0.717, 1.165) is 0 Å². The van der Waals surface area contributed by atoms with Gasteiger partial charge in [0.15, 0.2) is 0 Å². The second-order valence-electron chi connectivity index (χ2n) is 10.9. The van der Waals surface area contributed by atoms with E-state index in [1.165, 1.54) is 20.8 Å². The highest BCUT2D eigenvalue weighted by atomic mass is 19.4. The van der Waals surface area contributed by atoms with Crippen LogP contribution in [0.1, 0.15) is 83.1 Å². The third kappa shape index (κ3) is 15.2. The SMILES string of the molecule is CC(C(C)(C)C)C(F)(F)F.C[C@@H](C(C)(C)C)C(F)(F)F.C[C@H](C(C)(C)C)C(F)(F)F. The zero-order chi connectivity index (χ0) is 25.7. The number of halogens is 9. The summed E-state index contributed by atoms with van der Waals surface area (Å²) in [7, 11) is 0. The van der Waals surface area contributed by atoms with Crippen molar-refractivity contribution in [1.82, 2.24) is 0 Å². The van der Waals surface area contributed by atoms with Crippen molar-refractivity contribution in [1.29, 1.82) is 0 Å². The van der Waals surface area contributed by atoms with Gasteiger partial charge in [-0.05, 0) is 16.2 Å². The highest BCUT2D eigenvalue weighted by Gasteiger charge is 2.44. The van der Waals surface area contributed by atoms with Crippen LogP contribution in [0.2, 0.25) is 0 Å². The molecule has 0 bridgehead atoms. The summed E-state index contributed by atoms with van der Waals surface area (Å²) in [6.07, 6.45) is -12.2. The second-order valence-corrected chi connectivity index (χ2v) is 10.9. The Morgan fingerprint density at radius 1 is 0.333 bits per heavy atom. The minimum atomic E-state index is -4.06. The van der Waals surface area contributed by atoms with Crippen molar-refractivity contribution >= 4 is 0 Å². The van der Waals surface area contributed by atoms with Gasteiger partial charge in [0, 0.05) is 0 Å². The fraction of sp³-hybridized carbons (Fsp3) is 1.00. The smallest absolute Gasteiger partial charge is 0.171 e. The van der Waals surface area contributed by atoms with E-state index < -0.39 is 52.5 Å². The first-order valence-electron chi connectivity index (χ1n) is 9.66. The van der Waals surface area contributed by atoms with Gasteiger partial charge < -0.3 is 0 Å². The Hall–Kier alpha value is -0.630. The standard InChI is InChI=1S/3C7H13F3/c3*1-5(6(2,3)4)7(8,9)10/h3*5H,1-4H3/t2*5-;/m10./s1. The molecule has 0 spiro atoms. The summed E-state index contributed by atoms with van der Waals surface area (Å²) >= 11 is 0. The summed E-state index contributed by atoms with van der Waals surface area (Å²) in [6.45, 7) is 17.9. The quantitative estimate of drug-likeness (QED) is 0.314. The molecule has 9 heteroatoms. The van der Waals surface area contributed by atoms with E-state index in [0.29, 0.717) is 0 Å². The van der Waals surface area contributed by atoms with Gasteiger partial charge in [0.1, 0.15) is 0 Å². The first kappa shape index (κ1) is 34.0. The Morgan fingerprint density at radius 2 is 0.433 bits per heavy atom. The predicted molar refractivity (Wildman–Crippen MR) is 104 cm³/mol. The van der Waals surface area contributed by atoms with Gasteiger partial charge in [0.2, 0.25) is 0 Å². The third-order valence-electron chi connectivity index (χ3n) is 5.37. The predicted octanol–water partition coefficient (Wildman–Crippen LogP) is 9.69. The molecule has 0 saturated carbocycles. The number of rotatable bonds is 0. The van der Waals surface area contributed by atoms with Gasteiger partial charge >= 0.3 is 18.5 Å². The monoisotopic (exact) mass is 462 g/mol. The molecule has 0 fully saturated rings. The molecule has 186 valence electrons. The normalized spacial score (nSPS) is 17.1. The lowest BCUT2D eigenvalue weighted by Crippen LogP contribution is -2.31. The summed E-state index contributed by atoms with van der Waals surface area (Å²) in [6, 6.07) is 0. The lowest BCUT2D eigenvalue weighted by atomic mass is 9.82. The van der Waals surface area contributed by atoms with E-state index in [4.69, 9.17) is 0 Å². The van der Waals surface area contributed by atoms with Crippen LogP contribution in [0.5, 0.6) is 0 Å². The maximum Gasteiger partial charge on any atom is 0.392 e. The zero-order valence-corrected chi connectivity index (χ0v) is 20.1. The van der Waals surface area contributed by atoms with E-state index in [9.17, 15) is 39.5 Å². The van der Waals surface area contributed by atoms with Crippen molar-refractivity contribution in [2.24, 2.45) is 34.0 Å². The van der Waals surface area contributed by atoms with Crippen LogP contribution in [0.3, 0.4) is 0 Å². The third-order valence-corrected chi connectivity index (χ3v) is 5.37. The molecule has 0 N–H and O–H groups in total. The fourth-order valence-electron chi connectivity index (χ4n) is 1.47. The molecule has 0 aliphatic rings. The molecule has 30 heavy (non-hydrogen) atoms. The maximum absolute atomic E-state index is 11.9. The molecule has 0 aromatic heterocycles. The lowest BCUT2D eigenvalue weighted by Gasteiger charge is -2.28. The van der Waals surface area contributed by atoms with E-state index in [2.05, 4.69) is 0 Å². The molecular weight excluding hydrogens is 423 g/mol. The fourth-order valence-corrected chi connectivity index (χ4v) is 1.47. The zero-order valence-electron chi connectivity index (χ0n) is 20.1. The van der Waals surface area contributed by atoms with Crippen LogP contribution in [-0.4, -0.2) is 18.5 Å². The minimum absolute atomic E-state index is 0.682. The second kappa shape index (κ2) is 10.8. The molecule has 0 aliphatic carbocycles. The van der Waals surface area contributed by atoms with Crippen molar-refractivity contribution in [3.63, 3.8) is 0 Å². The first-order valence-corrected chi connectivity index (χ1v) is 9.66. The molecule has 0 aromatic carbocycles. The largest absolute Gasteiger partial charge is 0.392 e. The number of hydrogen-bond acceptors (Lipinski definition) is 0. The van der Waals surface area contributed by atoms with Gasteiger partial charge in [-0.15, -0.1) is 0 Å². The Morgan fingerprint density at radius 3 is 0.433 bits per heavy atom. The Balaban J connectivity index is -0.000000364. The van der Waals surface area contributed by atoms with Crippen LogP contribution >= 0.6 is 0 Å². The van der Waals surface area contributed by atoms with Crippen LogP contribution < -0.4 is 0 Å². The molecule has 0 nitrogen and oxygen atoms in total. The Bertz CT molecular complexity index is 350. The summed E-state index contributed by atoms with van der Waals surface area (Å²) in [5.41, 5.74) is -2.05. The van der Waals surface area contributed by atoms with Gasteiger partial charge in [-0.3, -0.25) is 0 Å². The van der Waals surface area contributed by atoms with E-state index in [-0.39, 0.29) is 0 Å². The summed E-state index contributed by atoms with van der Waals surface area (Å²) in [5, 5.41) is 0. The van der Waals surface area contributed by atoms with Crippen LogP contribution in [0, 0.1) is 34.0 Å². The molecule has 0 amide bonds. The maximum atomic E-state index is 11.9. The summed E-state index contributed by atoms with van der Waals surface area (Å²) in [5.74, 6) is -3.71. The van der Waals surface area contributed by atoms with Crippen molar-refractivity contribution < 1.29 is 39.5 Å². The van der Waals surface area contributed by atoms with E-state index in [1.54, 1.807) is 62.3 Å². The van der Waals surface area contributed by atoms with Crippen LogP contribution in [0.15, 0.2) is 0 Å². The van der Waals surface area contributed by atoms with Gasteiger partial charge in [-0.25, -0.2) is 0 Å². The van der Waals surface area contributed by atoms with Crippen molar-refractivity contribution in [3.8, 4) is 0 Å². The molecule has 0 rings (SSSR count). The van der Waals surface area contributed by atoms with E-state index in [1.807, 2.05) is 0 Å². The molecule has 1 unspecified atom stereocenters. The van der Waals surface area contributed by atoms with Gasteiger partial charge in [0.05, 0.1) is 17.8 Å². The van der Waals surface area contributed by atoms with Gasteiger partial charge in [0.25, 0.3) is 0 Å². The van der Waals surface area contributed by atoms with Gasteiger partial charge in [-0.2, -0.15) is 39.5 Å². The van der Waals surface area contributed by atoms with Crippen LogP contribution in [0.4, 0.5) is 39.5 Å². The van der Waals surface area contributed by atoms with Crippen LogP contribution in [0.25, 0.3) is 0 Å². The average Bonchev–Trinajstić information content (AvgIpc) is 2.40. The van der Waals surface area contributed by atoms with Crippen molar-refractivity contribution in [2.75, 3.05) is 0 Å². The summed E-state index contributed by atoms with van der Waals surface area (Å²) < 4.78 is 108. The highest BCUT2D eigenvalue weighted by molar-refractivity contribution is 4.77. The van der Waals surface area contributed by atoms with Gasteiger partial charge in [-0.1, -0.05) is 83.1 Å². The molecule has 0 aliphatic heterocycles. The van der Waals surface area contributed by atoms with Crippen molar-refractivity contribution in [3.05, 3.63) is 0 Å². The number of hydrogen-bond donors (Lipinski definition) is 0. The molecule has 0 aromatic rings.